The van der Waals surface area contributed by atoms with E-state index < -0.39 is 0 Å². The summed E-state index contributed by atoms with van der Waals surface area (Å²) in [5, 5.41) is 3.67. The molecular weight excluding hydrogens is 212 g/mol. The topological polar surface area (TPSA) is 24.5 Å². The summed E-state index contributed by atoms with van der Waals surface area (Å²) in [7, 11) is 1.73. The molecule has 0 radical (unpaired) electrons. The van der Waals surface area contributed by atoms with Crippen LogP contribution in [0.2, 0.25) is 0 Å². The summed E-state index contributed by atoms with van der Waals surface area (Å²) in [6, 6.07) is 8.79. The van der Waals surface area contributed by atoms with E-state index in [1.165, 1.54) is 32.5 Å². The highest BCUT2D eigenvalue weighted by molar-refractivity contribution is 5.56. The number of anilines is 1. The van der Waals surface area contributed by atoms with Gasteiger partial charge in [-0.2, -0.15) is 0 Å². The summed E-state index contributed by atoms with van der Waals surface area (Å²) in [4.78, 5) is 2.56. The van der Waals surface area contributed by atoms with Crippen LogP contribution >= 0.6 is 0 Å². The molecule has 1 aromatic rings. The summed E-state index contributed by atoms with van der Waals surface area (Å²) in [6.07, 6.45) is 2.68. The van der Waals surface area contributed by atoms with Crippen LogP contribution in [0.4, 0.5) is 5.69 Å². The minimum absolute atomic E-state index is 0.591. The molecule has 3 aliphatic rings. The highest BCUT2D eigenvalue weighted by atomic mass is 16.5. The van der Waals surface area contributed by atoms with Crippen molar-refractivity contribution in [1.29, 1.82) is 0 Å². The molecule has 1 aromatic carbocycles. The van der Waals surface area contributed by atoms with Crippen LogP contribution < -0.4 is 10.1 Å². The molecule has 17 heavy (non-hydrogen) atoms. The van der Waals surface area contributed by atoms with Gasteiger partial charge in [0.15, 0.2) is 0 Å². The smallest absolute Gasteiger partial charge is 0.141 e. The Bertz CT molecular complexity index is 386. The molecular formula is C14H20N2O. The molecule has 4 rings (SSSR count). The first-order valence-corrected chi connectivity index (χ1v) is 6.49. The zero-order valence-corrected chi connectivity index (χ0v) is 10.4. The molecule has 3 saturated heterocycles. The Hall–Kier alpha value is -1.22. The van der Waals surface area contributed by atoms with E-state index in [9.17, 15) is 0 Å². The lowest BCUT2D eigenvalue weighted by Crippen LogP contribution is -2.53. The number of methoxy groups -OCH3 is 1. The molecule has 3 nitrogen and oxygen atoms in total. The Labute approximate surface area is 103 Å². The first-order valence-electron chi connectivity index (χ1n) is 6.49. The average Bonchev–Trinajstić information content (AvgIpc) is 2.41. The van der Waals surface area contributed by atoms with Crippen LogP contribution in [0.25, 0.3) is 0 Å². The van der Waals surface area contributed by atoms with Crippen LogP contribution in [0.3, 0.4) is 0 Å². The van der Waals surface area contributed by atoms with Crippen molar-refractivity contribution in [2.24, 2.45) is 5.92 Å². The van der Waals surface area contributed by atoms with Crippen molar-refractivity contribution in [2.75, 3.05) is 32.1 Å². The molecule has 1 atom stereocenters. The van der Waals surface area contributed by atoms with E-state index in [1.807, 2.05) is 12.1 Å². The number of hydrogen-bond donors (Lipinski definition) is 1. The number of rotatable bonds is 3. The van der Waals surface area contributed by atoms with Gasteiger partial charge in [0.2, 0.25) is 0 Å². The number of fused-ring (bicyclic) bond motifs is 3. The molecule has 0 aliphatic carbocycles. The molecule has 3 heterocycles. The molecule has 0 amide bonds. The van der Waals surface area contributed by atoms with Crippen molar-refractivity contribution in [1.82, 2.24) is 4.90 Å². The van der Waals surface area contributed by atoms with E-state index in [0.717, 1.165) is 17.4 Å². The first kappa shape index (κ1) is 10.9. The Morgan fingerprint density at radius 3 is 2.65 bits per heavy atom. The number of nitrogens with zero attached hydrogens (tertiary/aromatic N) is 1. The largest absolute Gasteiger partial charge is 0.495 e. The van der Waals surface area contributed by atoms with E-state index in [0.29, 0.717) is 6.04 Å². The van der Waals surface area contributed by atoms with E-state index in [-0.39, 0.29) is 0 Å². The van der Waals surface area contributed by atoms with Gasteiger partial charge in [0, 0.05) is 12.6 Å². The molecule has 0 saturated carbocycles. The van der Waals surface area contributed by atoms with Crippen molar-refractivity contribution < 1.29 is 4.74 Å². The van der Waals surface area contributed by atoms with E-state index in [4.69, 9.17) is 4.74 Å². The number of piperidine rings is 3. The maximum Gasteiger partial charge on any atom is 0.141 e. The number of ether oxygens (including phenoxy) is 1. The van der Waals surface area contributed by atoms with Gasteiger partial charge in [-0.3, -0.25) is 0 Å². The molecule has 3 heteroatoms. The number of para-hydroxylation sites is 2. The standard InChI is InChI=1S/C14H20N2O/c1-17-14-5-3-2-4-12(14)15-13-10-16-8-6-11(13)7-9-16/h2-5,11,13,15H,6-10H2,1H3. The van der Waals surface area contributed by atoms with E-state index in [2.05, 4.69) is 22.3 Å². The predicted molar refractivity (Wildman–Crippen MR) is 69.6 cm³/mol. The fourth-order valence-electron chi connectivity index (χ4n) is 3.09. The van der Waals surface area contributed by atoms with Gasteiger partial charge in [0.05, 0.1) is 12.8 Å². The molecule has 2 bridgehead atoms. The van der Waals surface area contributed by atoms with Crippen LogP contribution in [0.15, 0.2) is 24.3 Å². The predicted octanol–water partition coefficient (Wildman–Crippen LogP) is 2.20. The third-order valence-electron chi connectivity index (χ3n) is 4.10. The second-order valence-electron chi connectivity index (χ2n) is 5.09. The van der Waals surface area contributed by atoms with Crippen LogP contribution in [0.5, 0.6) is 5.75 Å². The van der Waals surface area contributed by atoms with Gasteiger partial charge in [-0.15, -0.1) is 0 Å². The summed E-state index contributed by atoms with van der Waals surface area (Å²) in [5.41, 5.74) is 1.13. The van der Waals surface area contributed by atoms with Gasteiger partial charge in [-0.25, -0.2) is 0 Å². The van der Waals surface area contributed by atoms with Crippen molar-refractivity contribution >= 4 is 5.69 Å². The van der Waals surface area contributed by atoms with Gasteiger partial charge in [-0.05, 0) is 44.0 Å². The zero-order chi connectivity index (χ0) is 11.7. The Kier molecular flexibility index (Phi) is 2.93. The highest BCUT2D eigenvalue weighted by Crippen LogP contribution is 2.32. The van der Waals surface area contributed by atoms with Crippen molar-refractivity contribution in [3.8, 4) is 5.75 Å². The molecule has 1 unspecified atom stereocenters. The average molecular weight is 232 g/mol. The van der Waals surface area contributed by atoms with Gasteiger partial charge in [0.25, 0.3) is 0 Å². The molecule has 3 aliphatic heterocycles. The van der Waals surface area contributed by atoms with Crippen molar-refractivity contribution in [3.05, 3.63) is 24.3 Å². The normalized spacial score (nSPS) is 31.2. The van der Waals surface area contributed by atoms with Crippen LogP contribution in [-0.2, 0) is 0 Å². The second kappa shape index (κ2) is 4.57. The fourth-order valence-corrected chi connectivity index (χ4v) is 3.09. The molecule has 0 aromatic heterocycles. The van der Waals surface area contributed by atoms with E-state index in [1.54, 1.807) is 7.11 Å². The van der Waals surface area contributed by atoms with Gasteiger partial charge >= 0.3 is 0 Å². The molecule has 92 valence electrons. The minimum Gasteiger partial charge on any atom is -0.495 e. The molecule has 0 spiro atoms. The third-order valence-corrected chi connectivity index (χ3v) is 4.10. The van der Waals surface area contributed by atoms with Crippen molar-refractivity contribution in [2.45, 2.75) is 18.9 Å². The lowest BCUT2D eigenvalue weighted by Gasteiger charge is -2.45. The lowest BCUT2D eigenvalue weighted by atomic mass is 9.84. The maximum absolute atomic E-state index is 5.39. The quantitative estimate of drug-likeness (QED) is 0.864. The number of benzene rings is 1. The SMILES string of the molecule is COc1ccccc1NC1CN2CCC1CC2. The van der Waals surface area contributed by atoms with Gasteiger partial charge in [0.1, 0.15) is 5.75 Å². The highest BCUT2D eigenvalue weighted by Gasteiger charge is 2.34. The monoisotopic (exact) mass is 232 g/mol. The number of nitrogens with one attached hydrogen (secondary N) is 1. The summed E-state index contributed by atoms with van der Waals surface area (Å²) < 4.78 is 5.39. The Balaban J connectivity index is 1.74. The zero-order valence-electron chi connectivity index (χ0n) is 10.4. The molecule has 1 N–H and O–H groups in total. The third kappa shape index (κ3) is 2.12. The second-order valence-corrected chi connectivity index (χ2v) is 5.09. The summed E-state index contributed by atoms with van der Waals surface area (Å²) >= 11 is 0. The van der Waals surface area contributed by atoms with Crippen LogP contribution in [0.1, 0.15) is 12.8 Å². The number of hydrogen-bond acceptors (Lipinski definition) is 3. The van der Waals surface area contributed by atoms with Crippen molar-refractivity contribution in [3.63, 3.8) is 0 Å². The minimum atomic E-state index is 0.591. The summed E-state index contributed by atoms with van der Waals surface area (Å²) in [5.74, 6) is 1.79. The van der Waals surface area contributed by atoms with Crippen LogP contribution in [-0.4, -0.2) is 37.7 Å². The Morgan fingerprint density at radius 1 is 1.24 bits per heavy atom. The van der Waals surface area contributed by atoms with E-state index >= 15 is 0 Å². The van der Waals surface area contributed by atoms with Crippen LogP contribution in [0, 0.1) is 5.92 Å². The maximum atomic E-state index is 5.39. The Morgan fingerprint density at radius 2 is 2.00 bits per heavy atom. The van der Waals surface area contributed by atoms with Gasteiger partial charge in [-0.1, -0.05) is 12.1 Å². The summed E-state index contributed by atoms with van der Waals surface area (Å²) in [6.45, 7) is 3.76. The first-order chi connectivity index (χ1) is 8.36. The van der Waals surface area contributed by atoms with Gasteiger partial charge < -0.3 is 15.0 Å². The lowest BCUT2D eigenvalue weighted by molar-refractivity contribution is 0.0974. The molecule has 3 fully saturated rings. The fraction of sp³-hybridized carbons (Fsp3) is 0.571.